The highest BCUT2D eigenvalue weighted by Gasteiger charge is 2.07. The van der Waals surface area contributed by atoms with Crippen molar-refractivity contribution in [1.82, 2.24) is 0 Å². The van der Waals surface area contributed by atoms with E-state index in [2.05, 4.69) is 0 Å². The van der Waals surface area contributed by atoms with E-state index in [4.69, 9.17) is 27.8 Å². The molecule has 0 aliphatic heterocycles. The summed E-state index contributed by atoms with van der Waals surface area (Å²) in [6.07, 6.45) is 3.80. The molecule has 47 heavy (non-hydrogen) atoms. The van der Waals surface area contributed by atoms with Gasteiger partial charge >= 0.3 is 11.3 Å². The monoisotopic (exact) mass is 632 g/mol. The van der Waals surface area contributed by atoms with E-state index in [-0.39, 0.29) is 24.6 Å². The van der Waals surface area contributed by atoms with Crippen molar-refractivity contribution in [1.29, 1.82) is 0 Å². The smallest absolute Gasteiger partial charge is 0.336 e. The molecule has 0 atom stereocenters. The van der Waals surface area contributed by atoms with Gasteiger partial charge in [-0.3, -0.25) is 0 Å². The van der Waals surface area contributed by atoms with Crippen LogP contribution < -0.4 is 30.2 Å². The van der Waals surface area contributed by atoms with Crippen molar-refractivity contribution < 1.29 is 32.9 Å². The van der Waals surface area contributed by atoms with Gasteiger partial charge in [0.25, 0.3) is 0 Å². The lowest BCUT2D eigenvalue weighted by molar-refractivity contribution is 0.216. The van der Waals surface area contributed by atoms with Gasteiger partial charge in [-0.1, -0.05) is 24.3 Å². The molecular weight excluding hydrogens is 600 g/mol. The summed E-state index contributed by atoms with van der Waals surface area (Å²) >= 11 is 0. The largest absolute Gasteiger partial charge is 0.508 e. The molecule has 4 aromatic carbocycles. The zero-order valence-corrected chi connectivity index (χ0v) is 25.9. The predicted octanol–water partition coefficient (Wildman–Crippen LogP) is 7.31. The van der Waals surface area contributed by atoms with Gasteiger partial charge in [-0.15, -0.1) is 0 Å². The van der Waals surface area contributed by atoms with E-state index in [0.717, 1.165) is 33.0 Å². The third kappa shape index (κ3) is 8.01. The summed E-state index contributed by atoms with van der Waals surface area (Å²) in [5.41, 5.74) is 3.58. The van der Waals surface area contributed by atoms with Gasteiger partial charge in [-0.25, -0.2) is 9.59 Å². The molecule has 0 unspecified atom stereocenters. The highest BCUT2D eigenvalue weighted by Crippen LogP contribution is 2.26. The van der Waals surface area contributed by atoms with Gasteiger partial charge in [0.15, 0.2) is 0 Å². The van der Waals surface area contributed by atoms with Crippen molar-refractivity contribution in [2.75, 3.05) is 26.4 Å². The Morgan fingerprint density at radius 3 is 1.55 bits per heavy atom. The highest BCUT2D eigenvalue weighted by molar-refractivity contribution is 5.82. The fourth-order valence-corrected chi connectivity index (χ4v) is 5.08. The predicted molar refractivity (Wildman–Crippen MR) is 180 cm³/mol. The van der Waals surface area contributed by atoms with Gasteiger partial charge in [0.2, 0.25) is 0 Å². The van der Waals surface area contributed by atoms with Crippen LogP contribution in [0, 0.1) is 13.8 Å². The van der Waals surface area contributed by atoms with E-state index in [1.54, 1.807) is 24.3 Å². The number of phenolic OH excluding ortho intramolecular Hbond substituents is 1. The molecule has 2 heterocycles. The maximum absolute atomic E-state index is 11.7. The minimum absolute atomic E-state index is 0.0808. The van der Waals surface area contributed by atoms with E-state index >= 15 is 0 Å². The van der Waals surface area contributed by atoms with Crippen LogP contribution >= 0.6 is 0 Å². The summed E-state index contributed by atoms with van der Waals surface area (Å²) < 4.78 is 33.7. The van der Waals surface area contributed by atoms with Crippen LogP contribution in [0.4, 0.5) is 0 Å². The number of aryl methyl sites for hydroxylation is 2. The minimum atomic E-state index is -0.402. The van der Waals surface area contributed by atoms with Crippen LogP contribution in [0.1, 0.15) is 22.3 Å². The van der Waals surface area contributed by atoms with E-state index in [9.17, 15) is 14.7 Å². The number of ether oxygens (including phenoxy) is 4. The molecule has 9 heteroatoms. The Hall–Kier alpha value is -5.96. The van der Waals surface area contributed by atoms with E-state index in [1.807, 2.05) is 80.6 Å². The first-order valence-corrected chi connectivity index (χ1v) is 15.0. The van der Waals surface area contributed by atoms with Crippen LogP contribution in [-0.2, 0) is 0 Å². The van der Waals surface area contributed by atoms with Gasteiger partial charge in [0.1, 0.15) is 66.3 Å². The summed E-state index contributed by atoms with van der Waals surface area (Å²) in [6.45, 7) is 4.88. The Labute approximate surface area is 269 Å². The van der Waals surface area contributed by atoms with Gasteiger partial charge in [0, 0.05) is 41.1 Å². The second-order valence-corrected chi connectivity index (χ2v) is 10.9. The molecule has 0 spiro atoms. The average Bonchev–Trinajstić information content (AvgIpc) is 3.04. The number of phenols is 1. The molecule has 0 bridgehead atoms. The topological polar surface area (TPSA) is 118 Å². The first-order chi connectivity index (χ1) is 22.8. The molecule has 9 nitrogen and oxygen atoms in total. The van der Waals surface area contributed by atoms with Gasteiger partial charge in [-0.2, -0.15) is 0 Å². The average molecular weight is 633 g/mol. The summed E-state index contributed by atoms with van der Waals surface area (Å²) in [5.74, 6) is 2.44. The molecule has 1 N–H and O–H groups in total. The molecular formula is C38H32O9. The first kappa shape index (κ1) is 31.0. The second kappa shape index (κ2) is 14.0. The molecule has 0 saturated heterocycles. The van der Waals surface area contributed by atoms with Gasteiger partial charge in [-0.05, 0) is 84.6 Å². The number of aromatic hydroxyl groups is 1. The fraction of sp³-hybridized carbons (Fsp3) is 0.158. The normalized spacial score (nSPS) is 11.3. The van der Waals surface area contributed by atoms with Crippen LogP contribution in [0.15, 0.2) is 109 Å². The van der Waals surface area contributed by atoms with Crippen molar-refractivity contribution in [2.45, 2.75) is 13.8 Å². The van der Waals surface area contributed by atoms with Crippen molar-refractivity contribution in [2.24, 2.45) is 0 Å². The Morgan fingerprint density at radius 2 is 1.00 bits per heavy atom. The third-order valence-corrected chi connectivity index (χ3v) is 7.35. The molecule has 0 aliphatic carbocycles. The lowest BCUT2D eigenvalue weighted by Gasteiger charge is -2.10. The number of fused-ring (bicyclic) bond motifs is 2. The number of hydrogen-bond acceptors (Lipinski definition) is 9. The van der Waals surface area contributed by atoms with Crippen LogP contribution in [-0.4, -0.2) is 31.5 Å². The van der Waals surface area contributed by atoms with E-state index in [0.29, 0.717) is 47.4 Å². The van der Waals surface area contributed by atoms with Gasteiger partial charge < -0.3 is 32.9 Å². The van der Waals surface area contributed by atoms with Gasteiger partial charge in [0.05, 0.1) is 0 Å². The second-order valence-electron chi connectivity index (χ2n) is 10.9. The summed E-state index contributed by atoms with van der Waals surface area (Å²) in [7, 11) is 0. The molecule has 2 aromatic heterocycles. The zero-order valence-electron chi connectivity index (χ0n) is 25.9. The Balaban J connectivity index is 0.967. The maximum Gasteiger partial charge on any atom is 0.336 e. The van der Waals surface area contributed by atoms with Crippen molar-refractivity contribution in [3.8, 4) is 28.7 Å². The molecule has 0 fully saturated rings. The zero-order chi connectivity index (χ0) is 32.8. The van der Waals surface area contributed by atoms with E-state index in [1.165, 1.54) is 12.1 Å². The molecule has 0 aliphatic rings. The third-order valence-electron chi connectivity index (χ3n) is 7.35. The van der Waals surface area contributed by atoms with E-state index < -0.39 is 5.63 Å². The standard InChI is InChI=1S/C38H32O9/c1-24-17-37(40)46-35-22-30(9-11-33(24)35)43-14-13-42-29-7-5-26(6-8-29)3-4-27-19-28(39)21-32(20-27)45-16-15-44-31-10-12-34-25(2)18-38(41)47-36(34)23-31/h3-12,17-23,39H,13-16H2,1-2H3/b4-3+. The van der Waals surface area contributed by atoms with Crippen molar-refractivity contribution >= 4 is 34.1 Å². The number of hydrogen-bond donors (Lipinski definition) is 1. The van der Waals surface area contributed by atoms with Crippen molar-refractivity contribution in [3.63, 3.8) is 0 Å². The van der Waals surface area contributed by atoms with Crippen LogP contribution in [0.25, 0.3) is 34.1 Å². The van der Waals surface area contributed by atoms with Crippen LogP contribution in [0.3, 0.4) is 0 Å². The minimum Gasteiger partial charge on any atom is -0.508 e. The first-order valence-electron chi connectivity index (χ1n) is 15.0. The maximum atomic E-state index is 11.7. The summed E-state index contributed by atoms with van der Waals surface area (Å²) in [5, 5.41) is 11.9. The highest BCUT2D eigenvalue weighted by atomic mass is 16.5. The van der Waals surface area contributed by atoms with Crippen molar-refractivity contribution in [3.05, 3.63) is 134 Å². The quantitative estimate of drug-likeness (QED) is 0.0842. The molecule has 0 amide bonds. The number of benzene rings is 4. The lowest BCUT2D eigenvalue weighted by atomic mass is 10.1. The van der Waals surface area contributed by atoms with Crippen LogP contribution in [0.2, 0.25) is 0 Å². The fourth-order valence-electron chi connectivity index (χ4n) is 5.08. The molecule has 0 radical (unpaired) electrons. The number of rotatable bonds is 12. The van der Waals surface area contributed by atoms with Crippen LogP contribution in [0.5, 0.6) is 28.7 Å². The molecule has 6 rings (SSSR count). The summed E-state index contributed by atoms with van der Waals surface area (Å²) in [6, 6.07) is 26.3. The molecule has 6 aromatic rings. The molecule has 238 valence electrons. The Morgan fingerprint density at radius 1 is 0.532 bits per heavy atom. The Kier molecular flexibility index (Phi) is 9.24. The lowest BCUT2D eigenvalue weighted by Crippen LogP contribution is -2.09. The SMILES string of the molecule is Cc1cc(=O)oc2cc(OCCOc3ccc(/C=C/c4cc(O)cc(OCCOc5ccc6c(C)cc(=O)oc6c5)c4)cc3)ccc12. The Bertz CT molecular complexity index is 2180. The molecule has 0 saturated carbocycles. The summed E-state index contributed by atoms with van der Waals surface area (Å²) in [4.78, 5) is 23.3.